The molecular formula is C14H28Cl2N4O. The van der Waals surface area contributed by atoms with Crippen LogP contribution in [0, 0.1) is 19.8 Å². The lowest BCUT2D eigenvalue weighted by Gasteiger charge is -2.12. The molecule has 1 amide bonds. The molecule has 5 nitrogen and oxygen atoms in total. The van der Waals surface area contributed by atoms with E-state index in [2.05, 4.69) is 22.7 Å². The van der Waals surface area contributed by atoms with Crippen LogP contribution in [0.5, 0.6) is 0 Å². The number of hydrogen-bond acceptors (Lipinski definition) is 3. The Hall–Kier alpha value is -0.780. The molecule has 0 aliphatic rings. The monoisotopic (exact) mass is 338 g/mol. The van der Waals surface area contributed by atoms with Crippen LogP contribution < -0.4 is 10.6 Å². The van der Waals surface area contributed by atoms with Crippen LogP contribution >= 0.6 is 24.8 Å². The maximum absolute atomic E-state index is 12.0. The first-order valence-corrected chi connectivity index (χ1v) is 6.94. The molecule has 1 rings (SSSR count). The minimum atomic E-state index is -0.0248. The number of aryl methyl sites for hydroxylation is 2. The Morgan fingerprint density at radius 3 is 2.38 bits per heavy atom. The lowest BCUT2D eigenvalue weighted by molar-refractivity contribution is -0.124. The Balaban J connectivity index is 0. The molecule has 0 spiro atoms. The highest BCUT2D eigenvalue weighted by Gasteiger charge is 2.17. The van der Waals surface area contributed by atoms with E-state index in [1.807, 2.05) is 32.5 Å². The summed E-state index contributed by atoms with van der Waals surface area (Å²) in [7, 11) is 1.94. The van der Waals surface area contributed by atoms with Crippen molar-refractivity contribution in [2.45, 2.75) is 34.1 Å². The number of nitrogens with zero attached hydrogens (tertiary/aromatic N) is 2. The van der Waals surface area contributed by atoms with E-state index in [1.54, 1.807) is 0 Å². The zero-order valence-electron chi connectivity index (χ0n) is 13.5. The summed E-state index contributed by atoms with van der Waals surface area (Å²) in [6, 6.07) is 0. The molecule has 0 saturated carbocycles. The predicted molar refractivity (Wildman–Crippen MR) is 91.6 cm³/mol. The molecule has 1 heterocycles. The van der Waals surface area contributed by atoms with Crippen LogP contribution in [0.15, 0.2) is 0 Å². The largest absolute Gasteiger partial charge is 0.355 e. The molecule has 0 bridgehead atoms. The molecule has 0 radical (unpaired) electrons. The normalized spacial score (nSPS) is 11.3. The van der Waals surface area contributed by atoms with Gasteiger partial charge in [0.25, 0.3) is 0 Å². The first-order valence-electron chi connectivity index (χ1n) is 6.94. The first-order chi connectivity index (χ1) is 8.97. The van der Waals surface area contributed by atoms with Crippen LogP contribution in [0.2, 0.25) is 0 Å². The van der Waals surface area contributed by atoms with Gasteiger partial charge in [-0.25, -0.2) is 0 Å². The van der Waals surface area contributed by atoms with Gasteiger partial charge in [0.15, 0.2) is 0 Å². The second-order valence-electron chi connectivity index (χ2n) is 5.02. The third-order valence-corrected chi connectivity index (χ3v) is 3.47. The van der Waals surface area contributed by atoms with Gasteiger partial charge in [0.1, 0.15) is 0 Å². The molecule has 1 aromatic heterocycles. The lowest BCUT2D eigenvalue weighted by Crippen LogP contribution is -2.35. The summed E-state index contributed by atoms with van der Waals surface area (Å²) in [4.78, 5) is 12.0. The van der Waals surface area contributed by atoms with Crippen LogP contribution in [0.1, 0.15) is 30.8 Å². The Morgan fingerprint density at radius 1 is 1.29 bits per heavy atom. The fourth-order valence-corrected chi connectivity index (χ4v) is 2.14. The molecular weight excluding hydrogens is 311 g/mol. The summed E-state index contributed by atoms with van der Waals surface area (Å²) >= 11 is 0. The van der Waals surface area contributed by atoms with Gasteiger partial charge < -0.3 is 10.6 Å². The smallest absolute Gasteiger partial charge is 0.223 e. The fraction of sp³-hybridized carbons (Fsp3) is 0.714. The third kappa shape index (κ3) is 6.68. The van der Waals surface area contributed by atoms with Gasteiger partial charge in [-0.05, 0) is 32.4 Å². The van der Waals surface area contributed by atoms with Crippen LogP contribution in [-0.2, 0) is 18.3 Å². The SMILES string of the molecule is CCNCCNC(=O)C(C)Cc1c(C)nn(C)c1C.Cl.Cl. The number of hydrogen-bond donors (Lipinski definition) is 2. The van der Waals surface area contributed by atoms with Crippen LogP contribution in [-0.4, -0.2) is 35.3 Å². The Bertz CT molecular complexity index is 435. The summed E-state index contributed by atoms with van der Waals surface area (Å²) in [6.07, 6.45) is 0.749. The number of rotatable bonds is 7. The van der Waals surface area contributed by atoms with Gasteiger partial charge >= 0.3 is 0 Å². The van der Waals surface area contributed by atoms with E-state index in [0.717, 1.165) is 30.9 Å². The van der Waals surface area contributed by atoms with Crippen molar-refractivity contribution in [3.8, 4) is 0 Å². The molecule has 1 unspecified atom stereocenters. The molecule has 2 N–H and O–H groups in total. The summed E-state index contributed by atoms with van der Waals surface area (Å²) < 4.78 is 1.88. The quantitative estimate of drug-likeness (QED) is 0.745. The summed E-state index contributed by atoms with van der Waals surface area (Å²) in [5.41, 5.74) is 3.36. The number of likely N-dealkylation sites (N-methyl/N-ethyl adjacent to an activating group) is 1. The second kappa shape index (κ2) is 10.9. The van der Waals surface area contributed by atoms with Crippen molar-refractivity contribution in [3.05, 3.63) is 17.0 Å². The van der Waals surface area contributed by atoms with Crippen molar-refractivity contribution < 1.29 is 4.79 Å². The van der Waals surface area contributed by atoms with Gasteiger partial charge in [0.05, 0.1) is 5.69 Å². The molecule has 7 heteroatoms. The van der Waals surface area contributed by atoms with E-state index in [0.29, 0.717) is 6.54 Å². The molecule has 1 aromatic rings. The molecule has 0 aliphatic carbocycles. The minimum Gasteiger partial charge on any atom is -0.355 e. The van der Waals surface area contributed by atoms with Crippen molar-refractivity contribution in [1.82, 2.24) is 20.4 Å². The highest BCUT2D eigenvalue weighted by atomic mass is 35.5. The van der Waals surface area contributed by atoms with Gasteiger partial charge in [0, 0.05) is 31.7 Å². The van der Waals surface area contributed by atoms with Crippen molar-refractivity contribution in [1.29, 1.82) is 0 Å². The summed E-state index contributed by atoms with van der Waals surface area (Å²) in [5.74, 6) is 0.0868. The standard InChI is InChI=1S/C14H26N4O.2ClH/c1-6-15-7-8-16-14(19)10(2)9-13-11(3)17-18(5)12(13)4;;/h10,15H,6-9H2,1-5H3,(H,16,19);2*1H. The van der Waals surface area contributed by atoms with Crippen LogP contribution in [0.4, 0.5) is 0 Å². The average molecular weight is 339 g/mol. The zero-order valence-corrected chi connectivity index (χ0v) is 15.2. The van der Waals surface area contributed by atoms with Crippen molar-refractivity contribution >= 4 is 30.7 Å². The molecule has 21 heavy (non-hydrogen) atoms. The third-order valence-electron chi connectivity index (χ3n) is 3.47. The number of carbonyl (C=O) groups is 1. The maximum Gasteiger partial charge on any atom is 0.223 e. The van der Waals surface area contributed by atoms with E-state index < -0.39 is 0 Å². The minimum absolute atomic E-state index is 0. The highest BCUT2D eigenvalue weighted by molar-refractivity contribution is 5.85. The number of nitrogens with one attached hydrogen (secondary N) is 2. The molecule has 1 atom stereocenters. The molecule has 0 aliphatic heterocycles. The van der Waals surface area contributed by atoms with Gasteiger partial charge in [0.2, 0.25) is 5.91 Å². The Morgan fingerprint density at radius 2 is 1.90 bits per heavy atom. The lowest BCUT2D eigenvalue weighted by atomic mass is 9.99. The van der Waals surface area contributed by atoms with Crippen molar-refractivity contribution in [2.75, 3.05) is 19.6 Å². The number of carbonyl (C=O) groups excluding carboxylic acids is 1. The Kier molecular flexibility index (Phi) is 11.7. The van der Waals surface area contributed by atoms with E-state index in [9.17, 15) is 4.79 Å². The zero-order chi connectivity index (χ0) is 14.4. The summed E-state index contributed by atoms with van der Waals surface area (Å²) in [6.45, 7) is 10.5. The van der Waals surface area contributed by atoms with Crippen LogP contribution in [0.25, 0.3) is 0 Å². The Labute approximate surface area is 140 Å². The predicted octanol–water partition coefficient (Wildman–Crippen LogP) is 1.78. The van der Waals surface area contributed by atoms with Crippen LogP contribution in [0.3, 0.4) is 0 Å². The van der Waals surface area contributed by atoms with E-state index in [-0.39, 0.29) is 36.6 Å². The maximum atomic E-state index is 12.0. The molecule has 0 fully saturated rings. The van der Waals surface area contributed by atoms with Crippen molar-refractivity contribution in [2.24, 2.45) is 13.0 Å². The van der Waals surface area contributed by atoms with E-state index >= 15 is 0 Å². The van der Waals surface area contributed by atoms with Gasteiger partial charge in [-0.1, -0.05) is 13.8 Å². The molecule has 124 valence electrons. The van der Waals surface area contributed by atoms with Crippen molar-refractivity contribution in [3.63, 3.8) is 0 Å². The topological polar surface area (TPSA) is 58.9 Å². The van der Waals surface area contributed by atoms with Gasteiger partial charge in [-0.2, -0.15) is 5.10 Å². The highest BCUT2D eigenvalue weighted by Crippen LogP contribution is 2.16. The van der Waals surface area contributed by atoms with Gasteiger partial charge in [-0.3, -0.25) is 9.48 Å². The summed E-state index contributed by atoms with van der Waals surface area (Å²) in [5, 5.41) is 10.5. The number of aromatic nitrogens is 2. The molecule has 0 aromatic carbocycles. The molecule has 0 saturated heterocycles. The van der Waals surface area contributed by atoms with E-state index in [1.165, 1.54) is 5.56 Å². The first kappa shape index (κ1) is 22.5. The van der Waals surface area contributed by atoms with E-state index in [4.69, 9.17) is 0 Å². The number of amides is 1. The average Bonchev–Trinajstić information content (AvgIpc) is 2.61. The fourth-order valence-electron chi connectivity index (χ4n) is 2.14. The second-order valence-corrected chi connectivity index (χ2v) is 5.02. The number of halogens is 2. The van der Waals surface area contributed by atoms with Gasteiger partial charge in [-0.15, -0.1) is 24.8 Å².